The summed E-state index contributed by atoms with van der Waals surface area (Å²) in [6, 6.07) is 13.5. The molecule has 1 atom stereocenters. The number of ether oxygens (including phenoxy) is 3. The zero-order valence-corrected chi connectivity index (χ0v) is 25.1. The number of benzene rings is 2. The van der Waals surface area contributed by atoms with Crippen LogP contribution in [0.25, 0.3) is 17.4 Å². The van der Waals surface area contributed by atoms with Gasteiger partial charge in [0.1, 0.15) is 29.1 Å². The molecule has 1 aliphatic heterocycles. The lowest BCUT2D eigenvalue weighted by Crippen LogP contribution is -2.40. The highest BCUT2D eigenvalue weighted by atomic mass is 79.9. The fourth-order valence-electron chi connectivity index (χ4n) is 4.49. The number of aromatic nitrogens is 1. The molecule has 4 aromatic rings. The molecule has 40 heavy (non-hydrogen) atoms. The summed E-state index contributed by atoms with van der Waals surface area (Å²) in [5, 5.41) is 0.561. The summed E-state index contributed by atoms with van der Waals surface area (Å²) in [6.45, 7) is 3.64. The van der Waals surface area contributed by atoms with E-state index in [1.807, 2.05) is 18.2 Å². The average molecular weight is 644 g/mol. The van der Waals surface area contributed by atoms with Crippen molar-refractivity contribution in [2.45, 2.75) is 19.9 Å². The number of hydrogen-bond acceptors (Lipinski definition) is 8. The predicted octanol–water partition coefficient (Wildman–Crippen LogP) is 5.49. The maximum absolute atomic E-state index is 13.9. The second-order valence-electron chi connectivity index (χ2n) is 8.74. The molecule has 5 rings (SSSR count). The van der Waals surface area contributed by atoms with E-state index in [-0.39, 0.29) is 17.7 Å². The summed E-state index contributed by atoms with van der Waals surface area (Å²) in [7, 11) is 3.08. The van der Waals surface area contributed by atoms with E-state index >= 15 is 0 Å². The molecule has 0 saturated carbocycles. The zero-order valence-electron chi connectivity index (χ0n) is 22.0. The van der Waals surface area contributed by atoms with Gasteiger partial charge in [-0.25, -0.2) is 9.79 Å². The summed E-state index contributed by atoms with van der Waals surface area (Å²) in [6.07, 6.45) is 1.67. The maximum atomic E-state index is 13.9. The fourth-order valence-corrected chi connectivity index (χ4v) is 5.95. The summed E-state index contributed by atoms with van der Waals surface area (Å²) in [5.74, 6) is 1.57. The van der Waals surface area contributed by atoms with Crippen LogP contribution in [-0.2, 0) is 9.53 Å². The van der Waals surface area contributed by atoms with Crippen molar-refractivity contribution < 1.29 is 23.4 Å². The molecule has 8 nitrogen and oxygen atoms in total. The molecular weight excluding hydrogens is 620 g/mol. The van der Waals surface area contributed by atoms with Gasteiger partial charge in [-0.2, -0.15) is 0 Å². The third-order valence-electron chi connectivity index (χ3n) is 6.36. The van der Waals surface area contributed by atoms with Gasteiger partial charge in [-0.1, -0.05) is 29.0 Å². The Morgan fingerprint density at radius 3 is 2.67 bits per heavy atom. The van der Waals surface area contributed by atoms with E-state index in [1.165, 1.54) is 23.0 Å². The van der Waals surface area contributed by atoms with Gasteiger partial charge in [-0.15, -0.1) is 0 Å². The number of thiazole rings is 1. The van der Waals surface area contributed by atoms with Crippen LogP contribution in [0.1, 0.15) is 31.2 Å². The number of furan rings is 1. The Balaban J connectivity index is 1.66. The van der Waals surface area contributed by atoms with Crippen molar-refractivity contribution in [1.82, 2.24) is 4.57 Å². The van der Waals surface area contributed by atoms with Gasteiger partial charge in [0.2, 0.25) is 0 Å². The number of nitrogens with zero attached hydrogens (tertiary/aromatic N) is 2. The first-order valence-corrected chi connectivity index (χ1v) is 14.2. The number of methoxy groups -OCH3 is 2. The van der Waals surface area contributed by atoms with Gasteiger partial charge in [-0.05, 0) is 66.2 Å². The number of rotatable bonds is 7. The number of fused-ring (bicyclic) bond motifs is 1. The van der Waals surface area contributed by atoms with Crippen LogP contribution in [0.3, 0.4) is 0 Å². The fraction of sp³-hybridized carbons (Fsp3) is 0.207. The summed E-state index contributed by atoms with van der Waals surface area (Å²) in [5.41, 5.74) is 1.79. The molecule has 0 aliphatic carbocycles. The lowest BCUT2D eigenvalue weighted by Gasteiger charge is -2.26. The summed E-state index contributed by atoms with van der Waals surface area (Å²) >= 11 is 10.8. The lowest BCUT2D eigenvalue weighted by molar-refractivity contribution is -0.139. The summed E-state index contributed by atoms with van der Waals surface area (Å²) in [4.78, 5) is 32.1. The Bertz CT molecular complexity index is 1840. The molecule has 2 aromatic carbocycles. The molecule has 0 saturated heterocycles. The van der Waals surface area contributed by atoms with Crippen LogP contribution in [0.5, 0.6) is 11.5 Å². The highest BCUT2D eigenvalue weighted by molar-refractivity contribution is 9.10. The van der Waals surface area contributed by atoms with Crippen molar-refractivity contribution in [3.63, 3.8) is 0 Å². The number of halogens is 2. The van der Waals surface area contributed by atoms with Crippen LogP contribution in [0.2, 0.25) is 5.02 Å². The van der Waals surface area contributed by atoms with Crippen molar-refractivity contribution in [3.05, 3.63) is 100 Å². The summed E-state index contributed by atoms with van der Waals surface area (Å²) < 4.78 is 25.1. The second-order valence-corrected chi connectivity index (χ2v) is 11.0. The molecule has 0 amide bonds. The standard InChI is InChI=1S/C29H24BrClN2O6S/c1-5-38-28(35)25-15(2)32-29-33(26(25)19-9-7-17(36-3)13-23(19)37-4)27(34)24(40-29)14-18-8-11-22(39-18)16-6-10-20(30)21(31)12-16/h6-14,26H,5H2,1-4H3/b24-14-/t26-/m1/s1. The minimum atomic E-state index is -0.824. The molecule has 0 N–H and O–H groups in total. The number of esters is 1. The zero-order chi connectivity index (χ0) is 28.6. The average Bonchev–Trinajstić information content (AvgIpc) is 3.53. The highest BCUT2D eigenvalue weighted by Gasteiger charge is 2.35. The van der Waals surface area contributed by atoms with E-state index in [2.05, 4.69) is 20.9 Å². The number of hydrogen-bond donors (Lipinski definition) is 0. The number of carbonyl (C=O) groups excluding carboxylic acids is 1. The van der Waals surface area contributed by atoms with Crippen LogP contribution in [0.4, 0.5) is 0 Å². The third-order valence-corrected chi connectivity index (χ3v) is 8.57. The molecule has 1 aliphatic rings. The van der Waals surface area contributed by atoms with Crippen LogP contribution in [0, 0.1) is 0 Å². The Labute approximate surface area is 246 Å². The lowest BCUT2D eigenvalue weighted by atomic mass is 9.95. The molecular formula is C29H24BrClN2O6S. The van der Waals surface area contributed by atoms with E-state index in [4.69, 9.17) is 30.2 Å². The highest BCUT2D eigenvalue weighted by Crippen LogP contribution is 2.37. The normalized spacial score (nSPS) is 15.1. The van der Waals surface area contributed by atoms with Gasteiger partial charge in [-0.3, -0.25) is 9.36 Å². The van der Waals surface area contributed by atoms with Crippen molar-refractivity contribution in [2.75, 3.05) is 20.8 Å². The van der Waals surface area contributed by atoms with Crippen LogP contribution >= 0.6 is 38.9 Å². The second kappa shape index (κ2) is 11.5. The van der Waals surface area contributed by atoms with Crippen molar-refractivity contribution in [1.29, 1.82) is 0 Å². The molecule has 0 spiro atoms. The van der Waals surface area contributed by atoms with Gasteiger partial charge >= 0.3 is 5.97 Å². The van der Waals surface area contributed by atoms with Gasteiger partial charge in [0, 0.05) is 27.7 Å². The quantitative estimate of drug-likeness (QED) is 0.247. The predicted molar refractivity (Wildman–Crippen MR) is 157 cm³/mol. The third kappa shape index (κ3) is 5.14. The molecule has 11 heteroatoms. The van der Waals surface area contributed by atoms with E-state index in [0.717, 1.165) is 10.0 Å². The largest absolute Gasteiger partial charge is 0.497 e. The SMILES string of the molecule is CCOC(=O)C1=C(C)N=c2s/c(=C\c3ccc(-c4ccc(Br)c(Cl)c4)o3)c(=O)n2[C@@H]1c1ccc(OC)cc1OC. The Hall–Kier alpha value is -3.60. The van der Waals surface area contributed by atoms with Crippen LogP contribution in [0.15, 0.2) is 78.5 Å². The Morgan fingerprint density at radius 1 is 1.18 bits per heavy atom. The van der Waals surface area contributed by atoms with Crippen LogP contribution < -0.4 is 24.4 Å². The minimum Gasteiger partial charge on any atom is -0.497 e. The smallest absolute Gasteiger partial charge is 0.338 e. The number of allylic oxidation sites excluding steroid dienone is 1. The van der Waals surface area contributed by atoms with Gasteiger partial charge < -0.3 is 18.6 Å². The maximum Gasteiger partial charge on any atom is 0.338 e. The van der Waals surface area contributed by atoms with E-state index in [9.17, 15) is 9.59 Å². The van der Waals surface area contributed by atoms with E-state index < -0.39 is 12.0 Å². The topological polar surface area (TPSA) is 92.3 Å². The first kappa shape index (κ1) is 27.9. The molecule has 0 bridgehead atoms. The molecule has 2 aromatic heterocycles. The molecule has 0 unspecified atom stereocenters. The molecule has 206 valence electrons. The van der Waals surface area contributed by atoms with Crippen molar-refractivity contribution in [3.8, 4) is 22.8 Å². The molecule has 0 radical (unpaired) electrons. The van der Waals surface area contributed by atoms with Gasteiger partial charge in [0.05, 0.1) is 41.7 Å². The van der Waals surface area contributed by atoms with Crippen molar-refractivity contribution >= 4 is 50.9 Å². The van der Waals surface area contributed by atoms with Crippen LogP contribution in [-0.4, -0.2) is 31.4 Å². The van der Waals surface area contributed by atoms with Gasteiger partial charge in [0.25, 0.3) is 5.56 Å². The Kier molecular flexibility index (Phi) is 8.02. The van der Waals surface area contributed by atoms with Gasteiger partial charge in [0.15, 0.2) is 4.80 Å². The minimum absolute atomic E-state index is 0.177. The first-order chi connectivity index (χ1) is 19.2. The van der Waals surface area contributed by atoms with E-state index in [0.29, 0.717) is 48.6 Å². The van der Waals surface area contributed by atoms with Crippen molar-refractivity contribution in [2.24, 2.45) is 4.99 Å². The molecule has 0 fully saturated rings. The first-order valence-electron chi connectivity index (χ1n) is 12.2. The Morgan fingerprint density at radius 2 is 1.98 bits per heavy atom. The monoisotopic (exact) mass is 642 g/mol. The number of carbonyl (C=O) groups is 1. The molecule has 3 heterocycles. The van der Waals surface area contributed by atoms with E-state index in [1.54, 1.807) is 57.4 Å².